The number of hydrogen-bond donors (Lipinski definition) is 3. The fraction of sp³-hybridized carbons (Fsp3) is 0.900. The highest BCUT2D eigenvalue weighted by molar-refractivity contribution is 5.82. The number of hydrogen-bond acceptors (Lipinski definition) is 3. The lowest BCUT2D eigenvalue weighted by atomic mass is 9.95. The molecule has 1 aliphatic rings. The lowest BCUT2D eigenvalue weighted by molar-refractivity contribution is -0.123. The van der Waals surface area contributed by atoms with Crippen LogP contribution in [0.1, 0.15) is 26.7 Å². The third kappa shape index (κ3) is 3.27. The second-order valence-corrected chi connectivity index (χ2v) is 4.69. The van der Waals surface area contributed by atoms with Crippen molar-refractivity contribution >= 4 is 5.91 Å². The van der Waals surface area contributed by atoms with E-state index in [2.05, 4.69) is 10.6 Å². The smallest absolute Gasteiger partial charge is 0.237 e. The number of aliphatic hydroxyl groups excluding tert-OH is 1. The summed E-state index contributed by atoms with van der Waals surface area (Å²) >= 11 is 0. The van der Waals surface area contributed by atoms with Crippen LogP contribution in [0.3, 0.4) is 0 Å². The molecule has 4 nitrogen and oxygen atoms in total. The maximum atomic E-state index is 11.6. The van der Waals surface area contributed by atoms with Crippen LogP contribution < -0.4 is 10.6 Å². The second kappa shape index (κ2) is 4.75. The first-order valence-electron chi connectivity index (χ1n) is 5.17. The largest absolute Gasteiger partial charge is 0.396 e. The van der Waals surface area contributed by atoms with Crippen LogP contribution >= 0.6 is 0 Å². The summed E-state index contributed by atoms with van der Waals surface area (Å²) in [4.78, 5) is 11.6. The fourth-order valence-corrected chi connectivity index (χ4v) is 1.41. The van der Waals surface area contributed by atoms with Crippen molar-refractivity contribution in [3.05, 3.63) is 0 Å². The van der Waals surface area contributed by atoms with Gasteiger partial charge in [0.25, 0.3) is 0 Å². The Morgan fingerprint density at radius 1 is 1.64 bits per heavy atom. The van der Waals surface area contributed by atoms with Gasteiger partial charge < -0.3 is 15.7 Å². The molecule has 1 heterocycles. The van der Waals surface area contributed by atoms with E-state index in [0.29, 0.717) is 6.54 Å². The average Bonchev–Trinajstić information content (AvgIpc) is 2.67. The summed E-state index contributed by atoms with van der Waals surface area (Å²) in [5, 5.41) is 15.0. The molecule has 1 fully saturated rings. The first kappa shape index (κ1) is 11.5. The van der Waals surface area contributed by atoms with Crippen molar-refractivity contribution in [3.8, 4) is 0 Å². The molecule has 1 aliphatic heterocycles. The summed E-state index contributed by atoms with van der Waals surface area (Å²) < 4.78 is 0. The monoisotopic (exact) mass is 200 g/mol. The standard InChI is InChI=1S/C10H20N2O2/c1-10(2,7-13)6-12-9(14)8-4-3-5-11-8/h8,11,13H,3-7H2,1-2H3,(H,12,14). The Labute approximate surface area is 85.1 Å². The lowest BCUT2D eigenvalue weighted by Crippen LogP contribution is -2.44. The first-order chi connectivity index (χ1) is 6.55. The molecule has 0 aromatic rings. The molecule has 0 aromatic carbocycles. The summed E-state index contributed by atoms with van der Waals surface area (Å²) in [5.74, 6) is 0.0593. The molecular weight excluding hydrogens is 180 g/mol. The minimum Gasteiger partial charge on any atom is -0.396 e. The van der Waals surface area contributed by atoms with Gasteiger partial charge >= 0.3 is 0 Å². The number of aliphatic hydroxyl groups is 1. The highest BCUT2D eigenvalue weighted by atomic mass is 16.3. The molecule has 1 saturated heterocycles. The van der Waals surface area contributed by atoms with Gasteiger partial charge in [0.2, 0.25) is 5.91 Å². The zero-order valence-electron chi connectivity index (χ0n) is 8.97. The predicted molar refractivity (Wildman–Crippen MR) is 54.9 cm³/mol. The van der Waals surface area contributed by atoms with Crippen LogP contribution in [0.5, 0.6) is 0 Å². The van der Waals surface area contributed by atoms with Gasteiger partial charge in [-0.1, -0.05) is 13.8 Å². The highest BCUT2D eigenvalue weighted by Gasteiger charge is 2.24. The molecule has 3 N–H and O–H groups in total. The maximum Gasteiger partial charge on any atom is 0.237 e. The normalized spacial score (nSPS) is 22.4. The minimum atomic E-state index is -0.228. The summed E-state index contributed by atoms with van der Waals surface area (Å²) in [7, 11) is 0. The summed E-state index contributed by atoms with van der Waals surface area (Å²) in [6, 6.07) is -0.0236. The lowest BCUT2D eigenvalue weighted by Gasteiger charge is -2.23. The van der Waals surface area contributed by atoms with Gasteiger partial charge in [0.1, 0.15) is 0 Å². The predicted octanol–water partition coefficient (Wildman–Crippen LogP) is -0.127. The number of rotatable bonds is 4. The Balaban J connectivity index is 2.27. The summed E-state index contributed by atoms with van der Waals surface area (Å²) in [5.41, 5.74) is -0.228. The van der Waals surface area contributed by atoms with Crippen LogP contribution in [0.25, 0.3) is 0 Å². The van der Waals surface area contributed by atoms with E-state index in [1.54, 1.807) is 0 Å². The Morgan fingerprint density at radius 3 is 2.86 bits per heavy atom. The Kier molecular flexibility index (Phi) is 3.89. The Hall–Kier alpha value is -0.610. The quantitative estimate of drug-likeness (QED) is 0.592. The molecule has 0 radical (unpaired) electrons. The van der Waals surface area contributed by atoms with Crippen molar-refractivity contribution in [2.24, 2.45) is 5.41 Å². The van der Waals surface area contributed by atoms with Crippen molar-refractivity contribution in [2.45, 2.75) is 32.7 Å². The van der Waals surface area contributed by atoms with Gasteiger partial charge in [0.15, 0.2) is 0 Å². The van der Waals surface area contributed by atoms with Crippen molar-refractivity contribution < 1.29 is 9.90 Å². The average molecular weight is 200 g/mol. The Bertz CT molecular complexity index is 198. The van der Waals surface area contributed by atoms with Crippen LogP contribution in [-0.4, -0.2) is 36.8 Å². The molecule has 1 atom stereocenters. The van der Waals surface area contributed by atoms with E-state index in [9.17, 15) is 4.79 Å². The van der Waals surface area contributed by atoms with E-state index in [1.807, 2.05) is 13.8 Å². The molecule has 0 saturated carbocycles. The van der Waals surface area contributed by atoms with Gasteiger partial charge in [-0.25, -0.2) is 0 Å². The van der Waals surface area contributed by atoms with Crippen molar-refractivity contribution in [1.82, 2.24) is 10.6 Å². The third-order valence-corrected chi connectivity index (χ3v) is 2.55. The Morgan fingerprint density at radius 2 is 2.36 bits per heavy atom. The van der Waals surface area contributed by atoms with Crippen molar-refractivity contribution in [2.75, 3.05) is 19.7 Å². The van der Waals surface area contributed by atoms with Crippen LogP contribution in [0.15, 0.2) is 0 Å². The van der Waals surface area contributed by atoms with E-state index >= 15 is 0 Å². The van der Waals surface area contributed by atoms with Gasteiger partial charge in [-0.2, -0.15) is 0 Å². The fourth-order valence-electron chi connectivity index (χ4n) is 1.41. The van der Waals surface area contributed by atoms with E-state index in [4.69, 9.17) is 5.11 Å². The SMILES string of the molecule is CC(C)(CO)CNC(=O)C1CCCN1. The maximum absolute atomic E-state index is 11.6. The molecule has 4 heteroatoms. The van der Waals surface area contributed by atoms with Gasteiger partial charge in [0.05, 0.1) is 6.04 Å². The molecule has 1 rings (SSSR count). The topological polar surface area (TPSA) is 61.4 Å². The van der Waals surface area contributed by atoms with E-state index in [0.717, 1.165) is 19.4 Å². The minimum absolute atomic E-state index is 0.0236. The van der Waals surface area contributed by atoms with Crippen LogP contribution in [-0.2, 0) is 4.79 Å². The zero-order valence-corrected chi connectivity index (χ0v) is 8.97. The van der Waals surface area contributed by atoms with Gasteiger partial charge in [-0.05, 0) is 19.4 Å². The summed E-state index contributed by atoms with van der Waals surface area (Å²) in [6.07, 6.45) is 1.99. The molecule has 1 unspecified atom stereocenters. The molecule has 0 aliphatic carbocycles. The van der Waals surface area contributed by atoms with E-state index < -0.39 is 0 Å². The molecule has 0 bridgehead atoms. The van der Waals surface area contributed by atoms with Gasteiger partial charge in [0, 0.05) is 18.6 Å². The molecule has 82 valence electrons. The number of carbonyl (C=O) groups excluding carboxylic acids is 1. The third-order valence-electron chi connectivity index (χ3n) is 2.55. The van der Waals surface area contributed by atoms with Crippen LogP contribution in [0.4, 0.5) is 0 Å². The van der Waals surface area contributed by atoms with Gasteiger partial charge in [-0.3, -0.25) is 4.79 Å². The molecular formula is C10H20N2O2. The molecule has 1 amide bonds. The van der Waals surface area contributed by atoms with Gasteiger partial charge in [-0.15, -0.1) is 0 Å². The highest BCUT2D eigenvalue weighted by Crippen LogP contribution is 2.12. The van der Waals surface area contributed by atoms with E-state index in [1.165, 1.54) is 0 Å². The number of carbonyl (C=O) groups is 1. The van der Waals surface area contributed by atoms with Crippen molar-refractivity contribution in [1.29, 1.82) is 0 Å². The number of amides is 1. The first-order valence-corrected chi connectivity index (χ1v) is 5.17. The van der Waals surface area contributed by atoms with E-state index in [-0.39, 0.29) is 24.0 Å². The number of nitrogens with one attached hydrogen (secondary N) is 2. The molecule has 0 spiro atoms. The van der Waals surface area contributed by atoms with Crippen molar-refractivity contribution in [3.63, 3.8) is 0 Å². The molecule has 0 aromatic heterocycles. The second-order valence-electron chi connectivity index (χ2n) is 4.69. The zero-order chi connectivity index (χ0) is 10.6. The summed E-state index contributed by atoms with van der Waals surface area (Å²) in [6.45, 7) is 5.40. The van der Waals surface area contributed by atoms with Crippen LogP contribution in [0, 0.1) is 5.41 Å². The van der Waals surface area contributed by atoms with Crippen LogP contribution in [0.2, 0.25) is 0 Å². The molecule has 14 heavy (non-hydrogen) atoms.